The van der Waals surface area contributed by atoms with Gasteiger partial charge >= 0.3 is 13.2 Å². The van der Waals surface area contributed by atoms with Gasteiger partial charge in [-0.05, 0) is 66.9 Å². The predicted octanol–water partition coefficient (Wildman–Crippen LogP) is 2.82. The molecule has 140 valence electrons. The maximum absolute atomic E-state index is 12.5. The molecule has 1 fully saturated rings. The summed E-state index contributed by atoms with van der Waals surface area (Å²) in [5, 5.41) is 5.09. The van der Waals surface area contributed by atoms with Crippen molar-refractivity contribution in [3.8, 4) is 0 Å². The third kappa shape index (κ3) is 3.12. The number of nitrogens with zero attached hydrogens (tertiary/aromatic N) is 3. The van der Waals surface area contributed by atoms with Gasteiger partial charge in [0, 0.05) is 11.6 Å². The lowest BCUT2D eigenvalue weighted by Crippen LogP contribution is -2.41. The number of carbonyl (C=O) groups excluding carboxylic acids is 1. The van der Waals surface area contributed by atoms with E-state index in [-0.39, 0.29) is 0 Å². The van der Waals surface area contributed by atoms with Crippen LogP contribution in [-0.2, 0) is 14.0 Å². The topological polar surface area (TPSA) is 75.5 Å². The highest BCUT2D eigenvalue weighted by atomic mass is 16.7. The number of fused-ring (bicyclic) bond motifs is 1. The van der Waals surface area contributed by atoms with Gasteiger partial charge in [0.25, 0.3) is 0 Å². The monoisotopic (exact) mass is 359 g/mol. The molecule has 0 amide bonds. The lowest BCUT2D eigenvalue weighted by molar-refractivity contribution is 0.00578. The second-order valence-electron chi connectivity index (χ2n) is 8.66. The van der Waals surface area contributed by atoms with Crippen LogP contribution in [-0.4, -0.2) is 44.8 Å². The van der Waals surface area contributed by atoms with Crippen molar-refractivity contribution >= 4 is 29.7 Å². The normalized spacial score (nSPS) is 19.2. The Balaban J connectivity index is 2.07. The molecule has 0 N–H and O–H groups in total. The molecule has 1 aliphatic heterocycles. The van der Waals surface area contributed by atoms with E-state index in [1.54, 1.807) is 6.20 Å². The summed E-state index contributed by atoms with van der Waals surface area (Å²) in [4.78, 5) is 16.8. The lowest BCUT2D eigenvalue weighted by Gasteiger charge is -2.32. The zero-order chi connectivity index (χ0) is 19.5. The summed E-state index contributed by atoms with van der Waals surface area (Å²) in [5.41, 5.74) is 0.380. The minimum atomic E-state index is -0.618. The fourth-order valence-electron chi connectivity index (χ4n) is 2.84. The number of hydrogen-bond donors (Lipinski definition) is 0. The molecule has 2 aromatic rings. The average Bonchev–Trinajstić information content (AvgIpc) is 2.92. The quantitative estimate of drug-likeness (QED) is 0.729. The van der Waals surface area contributed by atoms with Crippen LogP contribution in [0.3, 0.4) is 0 Å². The van der Waals surface area contributed by atoms with Crippen LogP contribution >= 0.6 is 0 Å². The molecule has 0 radical (unpaired) electrons. The summed E-state index contributed by atoms with van der Waals surface area (Å²) in [6.45, 7) is 15.3. The molecular weight excluding hydrogens is 333 g/mol. The van der Waals surface area contributed by atoms with Crippen LogP contribution in [0.2, 0.25) is 0 Å². The van der Waals surface area contributed by atoms with E-state index in [0.717, 1.165) is 10.8 Å². The van der Waals surface area contributed by atoms with E-state index in [0.29, 0.717) is 11.3 Å². The summed E-state index contributed by atoms with van der Waals surface area (Å²) >= 11 is 0. The Morgan fingerprint density at radius 3 is 2.31 bits per heavy atom. The van der Waals surface area contributed by atoms with Gasteiger partial charge < -0.3 is 14.0 Å². The fourth-order valence-corrected chi connectivity index (χ4v) is 2.84. The van der Waals surface area contributed by atoms with Gasteiger partial charge in [-0.2, -0.15) is 5.10 Å². The molecule has 0 aromatic carbocycles. The van der Waals surface area contributed by atoms with Crippen molar-refractivity contribution in [1.29, 1.82) is 0 Å². The van der Waals surface area contributed by atoms with E-state index >= 15 is 0 Å². The van der Waals surface area contributed by atoms with Crippen molar-refractivity contribution in [1.82, 2.24) is 14.8 Å². The largest absolute Gasteiger partial charge is 0.495 e. The van der Waals surface area contributed by atoms with Gasteiger partial charge in [0.1, 0.15) is 5.60 Å². The molecule has 3 rings (SSSR count). The highest BCUT2D eigenvalue weighted by molar-refractivity contribution is 6.65. The number of rotatable bonds is 1. The molecule has 1 saturated heterocycles. The first kappa shape index (κ1) is 18.9. The standard InChI is InChI=1S/C18H26BN3O4/c1-11-13-12(19-25-17(5,6)18(7,8)26-19)9-10-20-14(13)22(21-11)15(23)24-16(2,3)4/h9-10H,1-8H3. The van der Waals surface area contributed by atoms with Crippen LogP contribution < -0.4 is 5.46 Å². The molecule has 8 heteroatoms. The summed E-state index contributed by atoms with van der Waals surface area (Å²) in [6.07, 6.45) is 1.07. The smallest absolute Gasteiger partial charge is 0.442 e. The molecule has 26 heavy (non-hydrogen) atoms. The van der Waals surface area contributed by atoms with E-state index in [1.807, 2.05) is 61.5 Å². The average molecular weight is 359 g/mol. The third-order valence-corrected chi connectivity index (χ3v) is 4.85. The number of carbonyl (C=O) groups is 1. The fraction of sp³-hybridized carbons (Fsp3) is 0.611. The van der Waals surface area contributed by atoms with E-state index < -0.39 is 30.0 Å². The van der Waals surface area contributed by atoms with E-state index in [1.165, 1.54) is 4.68 Å². The van der Waals surface area contributed by atoms with Crippen LogP contribution in [0.5, 0.6) is 0 Å². The van der Waals surface area contributed by atoms with E-state index in [4.69, 9.17) is 14.0 Å². The number of hydrogen-bond acceptors (Lipinski definition) is 6. The summed E-state index contributed by atoms with van der Waals surface area (Å²) in [6, 6.07) is 1.85. The van der Waals surface area contributed by atoms with Crippen molar-refractivity contribution in [2.24, 2.45) is 0 Å². The van der Waals surface area contributed by atoms with Crippen LogP contribution in [0, 0.1) is 6.92 Å². The Labute approximate surface area is 154 Å². The first-order valence-electron chi connectivity index (χ1n) is 8.76. The molecule has 1 aliphatic rings. The lowest BCUT2D eigenvalue weighted by atomic mass is 9.77. The molecule has 0 aliphatic carbocycles. The molecule has 7 nitrogen and oxygen atoms in total. The highest BCUT2D eigenvalue weighted by Crippen LogP contribution is 2.37. The Morgan fingerprint density at radius 2 is 1.77 bits per heavy atom. The van der Waals surface area contributed by atoms with Crippen LogP contribution in [0.25, 0.3) is 11.0 Å². The Kier molecular flexibility index (Phi) is 4.20. The zero-order valence-electron chi connectivity index (χ0n) is 16.7. The Morgan fingerprint density at radius 1 is 1.19 bits per heavy atom. The zero-order valence-corrected chi connectivity index (χ0v) is 16.7. The van der Waals surface area contributed by atoms with Gasteiger partial charge in [-0.3, -0.25) is 0 Å². The van der Waals surface area contributed by atoms with Gasteiger partial charge in [0.2, 0.25) is 0 Å². The molecular formula is C18H26BN3O4. The molecule has 0 unspecified atom stereocenters. The van der Waals surface area contributed by atoms with Gasteiger partial charge in [0.05, 0.1) is 16.9 Å². The molecule has 0 spiro atoms. The van der Waals surface area contributed by atoms with Crippen LogP contribution in [0.1, 0.15) is 54.2 Å². The second kappa shape index (κ2) is 5.79. The van der Waals surface area contributed by atoms with Crippen molar-refractivity contribution in [3.05, 3.63) is 18.0 Å². The Bertz CT molecular complexity index is 851. The van der Waals surface area contributed by atoms with Crippen molar-refractivity contribution in [2.75, 3.05) is 0 Å². The third-order valence-electron chi connectivity index (χ3n) is 4.85. The Hall–Kier alpha value is -1.93. The van der Waals surface area contributed by atoms with Crippen molar-refractivity contribution < 1.29 is 18.8 Å². The van der Waals surface area contributed by atoms with Crippen molar-refractivity contribution in [3.63, 3.8) is 0 Å². The molecule has 2 aromatic heterocycles. The van der Waals surface area contributed by atoms with Crippen LogP contribution in [0.15, 0.2) is 12.3 Å². The summed E-state index contributed by atoms with van der Waals surface area (Å²) < 4.78 is 19.0. The minimum absolute atomic E-state index is 0.434. The first-order chi connectivity index (χ1) is 11.8. The van der Waals surface area contributed by atoms with Gasteiger partial charge in [-0.1, -0.05) is 0 Å². The molecule has 3 heterocycles. The van der Waals surface area contributed by atoms with Crippen LogP contribution in [0.4, 0.5) is 4.79 Å². The SMILES string of the molecule is Cc1nn(C(=O)OC(C)(C)C)c2nccc(B3OC(C)(C)C(C)(C)O3)c12. The predicted molar refractivity (Wildman–Crippen MR) is 99.6 cm³/mol. The van der Waals surface area contributed by atoms with Gasteiger partial charge in [0.15, 0.2) is 5.65 Å². The number of aryl methyl sites for hydroxylation is 1. The minimum Gasteiger partial charge on any atom is -0.442 e. The molecule has 0 atom stereocenters. The number of aromatic nitrogens is 3. The van der Waals surface area contributed by atoms with E-state index in [9.17, 15) is 4.79 Å². The van der Waals surface area contributed by atoms with Crippen molar-refractivity contribution in [2.45, 2.75) is 72.2 Å². The summed E-state index contributed by atoms with van der Waals surface area (Å²) in [5.74, 6) is 0. The second-order valence-corrected chi connectivity index (χ2v) is 8.66. The maximum atomic E-state index is 12.5. The van der Waals surface area contributed by atoms with E-state index in [2.05, 4.69) is 10.1 Å². The van der Waals surface area contributed by atoms with Gasteiger partial charge in [-0.25, -0.2) is 9.78 Å². The molecule has 0 bridgehead atoms. The summed E-state index contributed by atoms with van der Waals surface area (Å²) in [7, 11) is -0.555. The number of ether oxygens (including phenoxy) is 1. The van der Waals surface area contributed by atoms with Gasteiger partial charge in [-0.15, -0.1) is 4.68 Å². The maximum Gasteiger partial charge on any atom is 0.495 e. The molecule has 0 saturated carbocycles. The number of pyridine rings is 1. The first-order valence-corrected chi connectivity index (χ1v) is 8.76. The highest BCUT2D eigenvalue weighted by Gasteiger charge is 2.52.